The molecule has 142 valence electrons. The summed E-state index contributed by atoms with van der Waals surface area (Å²) in [4.78, 5) is 11.9. The summed E-state index contributed by atoms with van der Waals surface area (Å²) >= 11 is 3.50. The molecular formula is C23H21BrN2O2. The highest BCUT2D eigenvalue weighted by atomic mass is 79.9. The van der Waals surface area contributed by atoms with Gasteiger partial charge in [-0.25, -0.2) is 5.43 Å². The van der Waals surface area contributed by atoms with Crippen molar-refractivity contribution in [2.24, 2.45) is 5.10 Å². The molecule has 0 aliphatic heterocycles. The zero-order valence-corrected chi connectivity index (χ0v) is 17.1. The van der Waals surface area contributed by atoms with Gasteiger partial charge in [0.05, 0.1) is 10.7 Å². The molecular weight excluding hydrogens is 416 g/mol. The number of benzene rings is 3. The number of aryl methyl sites for hydroxylation is 1. The van der Waals surface area contributed by atoms with Crippen LogP contribution in [-0.4, -0.2) is 18.7 Å². The highest BCUT2D eigenvalue weighted by molar-refractivity contribution is 9.10. The maximum Gasteiger partial charge on any atom is 0.277 e. The summed E-state index contributed by atoms with van der Waals surface area (Å²) in [5, 5.41) is 3.97. The highest BCUT2D eigenvalue weighted by Gasteiger charge is 2.07. The zero-order valence-electron chi connectivity index (χ0n) is 15.6. The first-order valence-electron chi connectivity index (χ1n) is 9.04. The Morgan fingerprint density at radius 2 is 1.79 bits per heavy atom. The molecule has 0 saturated heterocycles. The van der Waals surface area contributed by atoms with Gasteiger partial charge in [0, 0.05) is 0 Å². The van der Waals surface area contributed by atoms with Crippen LogP contribution in [0.25, 0.3) is 11.1 Å². The number of rotatable bonds is 7. The van der Waals surface area contributed by atoms with Crippen molar-refractivity contribution in [1.82, 2.24) is 5.43 Å². The Hall–Kier alpha value is -2.92. The summed E-state index contributed by atoms with van der Waals surface area (Å²) in [5.41, 5.74) is 6.86. The van der Waals surface area contributed by atoms with E-state index in [2.05, 4.69) is 33.4 Å². The number of halogens is 1. The van der Waals surface area contributed by atoms with Crippen LogP contribution in [0.1, 0.15) is 18.1 Å². The third-order valence-electron chi connectivity index (χ3n) is 4.19. The molecule has 0 saturated carbocycles. The summed E-state index contributed by atoms with van der Waals surface area (Å²) in [5.74, 6) is 0.287. The second kappa shape index (κ2) is 9.85. The molecule has 3 rings (SSSR count). The molecule has 3 aromatic rings. The third-order valence-corrected chi connectivity index (χ3v) is 4.81. The normalized spacial score (nSPS) is 10.8. The number of hydrazone groups is 1. The van der Waals surface area contributed by atoms with Gasteiger partial charge in [0.2, 0.25) is 0 Å². The van der Waals surface area contributed by atoms with Crippen LogP contribution in [-0.2, 0) is 11.2 Å². The molecule has 4 nitrogen and oxygen atoms in total. The minimum atomic E-state index is -0.319. The molecule has 1 N–H and O–H groups in total. The van der Waals surface area contributed by atoms with Crippen molar-refractivity contribution >= 4 is 28.1 Å². The van der Waals surface area contributed by atoms with Gasteiger partial charge < -0.3 is 4.74 Å². The van der Waals surface area contributed by atoms with Crippen molar-refractivity contribution in [2.75, 3.05) is 6.61 Å². The first-order chi connectivity index (χ1) is 13.7. The fraction of sp³-hybridized carbons (Fsp3) is 0.130. The SMILES string of the molecule is CCc1ccc(/C=N/NC(=O)COc2ccc(-c3ccccc3)cc2Br)cc1. The number of nitrogens with zero attached hydrogens (tertiary/aromatic N) is 1. The van der Waals surface area contributed by atoms with E-state index in [1.54, 1.807) is 6.21 Å². The molecule has 3 aromatic carbocycles. The average Bonchev–Trinajstić information content (AvgIpc) is 2.74. The molecule has 28 heavy (non-hydrogen) atoms. The Balaban J connectivity index is 1.52. The van der Waals surface area contributed by atoms with Gasteiger partial charge >= 0.3 is 0 Å². The van der Waals surface area contributed by atoms with Crippen LogP contribution in [0.15, 0.2) is 82.4 Å². The molecule has 0 aliphatic rings. The van der Waals surface area contributed by atoms with Gasteiger partial charge in [-0.05, 0) is 56.7 Å². The number of carbonyl (C=O) groups is 1. The van der Waals surface area contributed by atoms with E-state index in [-0.39, 0.29) is 12.5 Å². The van der Waals surface area contributed by atoms with Crippen LogP contribution in [0, 0.1) is 0 Å². The fourth-order valence-electron chi connectivity index (χ4n) is 2.62. The highest BCUT2D eigenvalue weighted by Crippen LogP contribution is 2.30. The van der Waals surface area contributed by atoms with Crippen LogP contribution in [0.3, 0.4) is 0 Å². The Morgan fingerprint density at radius 1 is 1.04 bits per heavy atom. The van der Waals surface area contributed by atoms with Crippen molar-refractivity contribution in [2.45, 2.75) is 13.3 Å². The molecule has 0 atom stereocenters. The van der Waals surface area contributed by atoms with Crippen molar-refractivity contribution in [3.8, 4) is 16.9 Å². The minimum absolute atomic E-state index is 0.116. The molecule has 0 aromatic heterocycles. The van der Waals surface area contributed by atoms with E-state index in [1.165, 1.54) is 5.56 Å². The molecule has 5 heteroatoms. The van der Waals surface area contributed by atoms with Gasteiger partial charge in [-0.15, -0.1) is 0 Å². The van der Waals surface area contributed by atoms with E-state index in [0.717, 1.165) is 27.6 Å². The second-order valence-corrected chi connectivity index (χ2v) is 7.04. The van der Waals surface area contributed by atoms with Crippen LogP contribution in [0.5, 0.6) is 5.75 Å². The summed E-state index contributed by atoms with van der Waals surface area (Å²) in [6.07, 6.45) is 2.61. The predicted molar refractivity (Wildman–Crippen MR) is 117 cm³/mol. The lowest BCUT2D eigenvalue weighted by Gasteiger charge is -2.09. The number of nitrogens with one attached hydrogen (secondary N) is 1. The maximum absolute atomic E-state index is 11.9. The van der Waals surface area contributed by atoms with Crippen molar-refractivity contribution < 1.29 is 9.53 Å². The van der Waals surface area contributed by atoms with E-state index >= 15 is 0 Å². The van der Waals surface area contributed by atoms with Crippen LogP contribution >= 0.6 is 15.9 Å². The smallest absolute Gasteiger partial charge is 0.277 e. The lowest BCUT2D eigenvalue weighted by Crippen LogP contribution is -2.24. The second-order valence-electron chi connectivity index (χ2n) is 6.19. The quantitative estimate of drug-likeness (QED) is 0.408. The van der Waals surface area contributed by atoms with Gasteiger partial charge in [-0.3, -0.25) is 4.79 Å². The van der Waals surface area contributed by atoms with E-state index < -0.39 is 0 Å². The monoisotopic (exact) mass is 436 g/mol. The number of carbonyl (C=O) groups excluding carboxylic acids is 1. The average molecular weight is 437 g/mol. The molecule has 0 aliphatic carbocycles. The van der Waals surface area contributed by atoms with Gasteiger partial charge in [0.25, 0.3) is 5.91 Å². The number of amides is 1. The lowest BCUT2D eigenvalue weighted by molar-refractivity contribution is -0.123. The Labute approximate surface area is 173 Å². The minimum Gasteiger partial charge on any atom is -0.483 e. The third kappa shape index (κ3) is 5.54. The first-order valence-corrected chi connectivity index (χ1v) is 9.83. The van der Waals surface area contributed by atoms with E-state index in [9.17, 15) is 4.79 Å². The number of hydrogen-bond acceptors (Lipinski definition) is 3. The van der Waals surface area contributed by atoms with Gasteiger partial charge in [0.15, 0.2) is 6.61 Å². The van der Waals surface area contributed by atoms with Gasteiger partial charge in [-0.1, -0.05) is 67.6 Å². The summed E-state index contributed by atoms with van der Waals surface area (Å²) in [7, 11) is 0. The molecule has 0 fully saturated rings. The Bertz CT molecular complexity index is 954. The van der Waals surface area contributed by atoms with Crippen LogP contribution < -0.4 is 10.2 Å². The van der Waals surface area contributed by atoms with E-state index in [0.29, 0.717) is 5.75 Å². The molecule has 0 heterocycles. The number of hydrogen-bond donors (Lipinski definition) is 1. The Morgan fingerprint density at radius 3 is 2.46 bits per heavy atom. The summed E-state index contributed by atoms with van der Waals surface area (Å²) in [6.45, 7) is 1.99. The van der Waals surface area contributed by atoms with Gasteiger partial charge in [0.1, 0.15) is 5.75 Å². The topological polar surface area (TPSA) is 50.7 Å². The largest absolute Gasteiger partial charge is 0.483 e. The Kier molecular flexibility index (Phi) is 6.98. The number of ether oxygens (including phenoxy) is 1. The van der Waals surface area contributed by atoms with Crippen molar-refractivity contribution in [3.63, 3.8) is 0 Å². The lowest BCUT2D eigenvalue weighted by atomic mass is 10.1. The molecule has 0 radical (unpaired) electrons. The fourth-order valence-corrected chi connectivity index (χ4v) is 3.12. The zero-order chi connectivity index (χ0) is 19.8. The van der Waals surface area contributed by atoms with E-state index in [1.807, 2.05) is 72.8 Å². The van der Waals surface area contributed by atoms with Crippen molar-refractivity contribution in [3.05, 3.63) is 88.4 Å². The van der Waals surface area contributed by atoms with Crippen LogP contribution in [0.4, 0.5) is 0 Å². The molecule has 0 unspecified atom stereocenters. The summed E-state index contributed by atoms with van der Waals surface area (Å²) < 4.78 is 6.38. The van der Waals surface area contributed by atoms with E-state index in [4.69, 9.17) is 4.74 Å². The first kappa shape index (κ1) is 19.8. The van der Waals surface area contributed by atoms with Gasteiger partial charge in [-0.2, -0.15) is 5.10 Å². The predicted octanol–water partition coefficient (Wildman–Crippen LogP) is 5.21. The molecule has 0 bridgehead atoms. The molecule has 0 spiro atoms. The standard InChI is InChI=1S/C23H21BrN2O2/c1-2-17-8-10-18(11-9-17)15-25-26-23(27)16-28-22-13-12-20(14-21(22)24)19-6-4-3-5-7-19/h3-15H,2,16H2,1H3,(H,26,27)/b25-15+. The maximum atomic E-state index is 11.9. The molecule has 1 amide bonds. The van der Waals surface area contributed by atoms with Crippen molar-refractivity contribution in [1.29, 1.82) is 0 Å². The van der Waals surface area contributed by atoms with Crippen LogP contribution in [0.2, 0.25) is 0 Å². The summed E-state index contributed by atoms with van der Waals surface area (Å²) in [6, 6.07) is 23.9.